The maximum absolute atomic E-state index is 10.4. The van der Waals surface area contributed by atoms with Crippen LogP contribution in [-0.4, -0.2) is 35.7 Å². The highest BCUT2D eigenvalue weighted by Gasteiger charge is 2.27. The van der Waals surface area contributed by atoms with Crippen molar-refractivity contribution in [2.45, 2.75) is 25.2 Å². The summed E-state index contributed by atoms with van der Waals surface area (Å²) in [5.41, 5.74) is 2.17. The van der Waals surface area contributed by atoms with E-state index in [1.807, 2.05) is 48.5 Å². The van der Waals surface area contributed by atoms with Crippen LogP contribution in [0.25, 0.3) is 0 Å². The standard InChI is InChI=1S/C19H23NO2/c1-15-12-20(13-18(21)16-8-4-2-5-9-16)14-19(22-15)17-10-6-3-7-11-17/h2-11,15,18-19,21H,12-14H2,1H3. The van der Waals surface area contributed by atoms with Crippen molar-refractivity contribution < 1.29 is 9.84 Å². The summed E-state index contributed by atoms with van der Waals surface area (Å²) in [6.07, 6.45) is -0.210. The zero-order valence-electron chi connectivity index (χ0n) is 12.9. The second kappa shape index (κ2) is 7.05. The highest BCUT2D eigenvalue weighted by atomic mass is 16.5. The van der Waals surface area contributed by atoms with Crippen LogP contribution < -0.4 is 0 Å². The molecule has 0 aliphatic carbocycles. The Morgan fingerprint density at radius 2 is 1.68 bits per heavy atom. The third kappa shape index (κ3) is 3.74. The van der Waals surface area contributed by atoms with Crippen molar-refractivity contribution in [3.63, 3.8) is 0 Å². The van der Waals surface area contributed by atoms with E-state index in [0.717, 1.165) is 18.7 Å². The van der Waals surface area contributed by atoms with E-state index in [9.17, 15) is 5.11 Å². The molecule has 3 unspecified atom stereocenters. The van der Waals surface area contributed by atoms with Crippen LogP contribution in [0, 0.1) is 0 Å². The molecule has 2 aromatic carbocycles. The van der Waals surface area contributed by atoms with E-state index in [1.165, 1.54) is 5.56 Å². The van der Waals surface area contributed by atoms with Crippen LogP contribution in [0.3, 0.4) is 0 Å². The third-order valence-corrected chi connectivity index (χ3v) is 4.12. The van der Waals surface area contributed by atoms with E-state index >= 15 is 0 Å². The molecule has 3 nitrogen and oxygen atoms in total. The maximum Gasteiger partial charge on any atom is 0.0956 e. The first-order chi connectivity index (χ1) is 10.7. The Balaban J connectivity index is 1.66. The van der Waals surface area contributed by atoms with Gasteiger partial charge < -0.3 is 9.84 Å². The molecule has 3 rings (SSSR count). The molecule has 2 aromatic rings. The molecule has 1 aliphatic heterocycles. The molecule has 1 N–H and O–H groups in total. The van der Waals surface area contributed by atoms with Crippen LogP contribution >= 0.6 is 0 Å². The lowest BCUT2D eigenvalue weighted by Crippen LogP contribution is -2.44. The number of nitrogens with zero attached hydrogens (tertiary/aromatic N) is 1. The molecule has 1 aliphatic rings. The molecule has 0 radical (unpaired) electrons. The summed E-state index contributed by atoms with van der Waals surface area (Å²) in [6.45, 7) is 4.41. The van der Waals surface area contributed by atoms with Crippen LogP contribution in [-0.2, 0) is 4.74 Å². The van der Waals surface area contributed by atoms with Gasteiger partial charge in [-0.25, -0.2) is 0 Å². The fourth-order valence-electron chi connectivity index (χ4n) is 3.07. The number of β-amino-alcohol motifs (C(OH)–C–C–N with tert-alkyl or cyclic N) is 1. The molecule has 3 atom stereocenters. The second-order valence-electron chi connectivity index (χ2n) is 5.99. The van der Waals surface area contributed by atoms with Gasteiger partial charge in [-0.05, 0) is 18.1 Å². The van der Waals surface area contributed by atoms with E-state index in [2.05, 4.69) is 24.0 Å². The van der Waals surface area contributed by atoms with E-state index in [-0.39, 0.29) is 12.2 Å². The molecular weight excluding hydrogens is 274 g/mol. The van der Waals surface area contributed by atoms with Crippen molar-refractivity contribution in [3.8, 4) is 0 Å². The van der Waals surface area contributed by atoms with Gasteiger partial charge in [-0.3, -0.25) is 4.90 Å². The van der Waals surface area contributed by atoms with Crippen LogP contribution in [0.4, 0.5) is 0 Å². The number of morpholine rings is 1. The number of hydrogen-bond acceptors (Lipinski definition) is 3. The minimum absolute atomic E-state index is 0.0768. The average molecular weight is 297 g/mol. The molecule has 116 valence electrons. The van der Waals surface area contributed by atoms with Gasteiger partial charge in [0.2, 0.25) is 0 Å². The lowest BCUT2D eigenvalue weighted by Gasteiger charge is -2.38. The fraction of sp³-hybridized carbons (Fsp3) is 0.368. The van der Waals surface area contributed by atoms with Gasteiger partial charge in [-0.15, -0.1) is 0 Å². The fourth-order valence-corrected chi connectivity index (χ4v) is 3.07. The van der Waals surface area contributed by atoms with Gasteiger partial charge in [-0.1, -0.05) is 60.7 Å². The zero-order chi connectivity index (χ0) is 15.4. The molecule has 0 saturated carbocycles. The molecular formula is C19H23NO2. The first kappa shape index (κ1) is 15.2. The SMILES string of the molecule is CC1CN(CC(O)c2ccccc2)CC(c2ccccc2)O1. The molecule has 1 fully saturated rings. The molecule has 1 heterocycles. The minimum atomic E-state index is -0.456. The van der Waals surface area contributed by atoms with Crippen molar-refractivity contribution in [2.75, 3.05) is 19.6 Å². The van der Waals surface area contributed by atoms with E-state index in [0.29, 0.717) is 6.54 Å². The second-order valence-corrected chi connectivity index (χ2v) is 5.99. The van der Waals surface area contributed by atoms with Crippen molar-refractivity contribution >= 4 is 0 Å². The summed E-state index contributed by atoms with van der Waals surface area (Å²) in [5.74, 6) is 0. The molecule has 0 amide bonds. The number of benzene rings is 2. The Morgan fingerprint density at radius 3 is 2.36 bits per heavy atom. The topological polar surface area (TPSA) is 32.7 Å². The molecule has 0 bridgehead atoms. The summed E-state index contributed by atoms with van der Waals surface area (Å²) >= 11 is 0. The quantitative estimate of drug-likeness (QED) is 0.941. The number of ether oxygens (including phenoxy) is 1. The Hall–Kier alpha value is -1.68. The number of aliphatic hydroxyl groups excluding tert-OH is 1. The summed E-state index contributed by atoms with van der Waals surface area (Å²) < 4.78 is 6.07. The summed E-state index contributed by atoms with van der Waals surface area (Å²) in [5, 5.41) is 10.4. The van der Waals surface area contributed by atoms with Gasteiger partial charge in [0.15, 0.2) is 0 Å². The lowest BCUT2D eigenvalue weighted by molar-refractivity contribution is -0.0869. The number of aliphatic hydroxyl groups is 1. The molecule has 3 heteroatoms. The predicted molar refractivity (Wildman–Crippen MR) is 87.6 cm³/mol. The van der Waals surface area contributed by atoms with E-state index in [4.69, 9.17) is 4.74 Å². The van der Waals surface area contributed by atoms with Crippen LogP contribution in [0.5, 0.6) is 0 Å². The molecule has 0 spiro atoms. The van der Waals surface area contributed by atoms with E-state index < -0.39 is 6.10 Å². The zero-order valence-corrected chi connectivity index (χ0v) is 12.9. The average Bonchev–Trinajstić information content (AvgIpc) is 2.56. The summed E-state index contributed by atoms with van der Waals surface area (Å²) in [6, 6.07) is 20.2. The Bertz CT molecular complexity index is 571. The summed E-state index contributed by atoms with van der Waals surface area (Å²) in [4.78, 5) is 2.30. The van der Waals surface area contributed by atoms with Gasteiger partial charge >= 0.3 is 0 Å². The number of rotatable bonds is 4. The third-order valence-electron chi connectivity index (χ3n) is 4.12. The lowest BCUT2D eigenvalue weighted by atomic mass is 10.0. The first-order valence-corrected chi connectivity index (χ1v) is 7.88. The largest absolute Gasteiger partial charge is 0.387 e. The predicted octanol–water partition coefficient (Wildman–Crippen LogP) is 3.18. The normalized spacial score (nSPS) is 24.1. The van der Waals surface area contributed by atoms with Crippen molar-refractivity contribution in [1.82, 2.24) is 4.90 Å². The van der Waals surface area contributed by atoms with E-state index in [1.54, 1.807) is 0 Å². The van der Waals surface area contributed by atoms with Gasteiger partial charge in [-0.2, -0.15) is 0 Å². The minimum Gasteiger partial charge on any atom is -0.387 e. The van der Waals surface area contributed by atoms with Crippen molar-refractivity contribution in [1.29, 1.82) is 0 Å². The van der Waals surface area contributed by atoms with Gasteiger partial charge in [0.25, 0.3) is 0 Å². The van der Waals surface area contributed by atoms with Gasteiger partial charge in [0, 0.05) is 19.6 Å². The Kier molecular flexibility index (Phi) is 4.88. The van der Waals surface area contributed by atoms with Crippen molar-refractivity contribution in [2.24, 2.45) is 0 Å². The van der Waals surface area contributed by atoms with Gasteiger partial charge in [0.05, 0.1) is 18.3 Å². The van der Waals surface area contributed by atoms with Crippen LogP contribution in [0.15, 0.2) is 60.7 Å². The Morgan fingerprint density at radius 1 is 1.05 bits per heavy atom. The first-order valence-electron chi connectivity index (χ1n) is 7.88. The molecule has 22 heavy (non-hydrogen) atoms. The highest BCUT2D eigenvalue weighted by molar-refractivity contribution is 5.19. The molecule has 1 saturated heterocycles. The smallest absolute Gasteiger partial charge is 0.0956 e. The molecule has 0 aromatic heterocycles. The monoisotopic (exact) mass is 297 g/mol. The van der Waals surface area contributed by atoms with Crippen molar-refractivity contribution in [3.05, 3.63) is 71.8 Å². The Labute approximate surface area is 132 Å². The van der Waals surface area contributed by atoms with Crippen LogP contribution in [0.1, 0.15) is 30.3 Å². The van der Waals surface area contributed by atoms with Crippen LogP contribution in [0.2, 0.25) is 0 Å². The highest BCUT2D eigenvalue weighted by Crippen LogP contribution is 2.26. The van der Waals surface area contributed by atoms with Gasteiger partial charge in [0.1, 0.15) is 0 Å². The number of hydrogen-bond donors (Lipinski definition) is 1. The summed E-state index contributed by atoms with van der Waals surface area (Å²) in [7, 11) is 0. The maximum atomic E-state index is 10.4.